The van der Waals surface area contributed by atoms with Crippen LogP contribution in [0.3, 0.4) is 0 Å². The summed E-state index contributed by atoms with van der Waals surface area (Å²) in [6.07, 6.45) is 4.21. The van der Waals surface area contributed by atoms with Gasteiger partial charge in [0.25, 0.3) is 0 Å². The molecule has 0 atom stereocenters. The molecule has 0 spiro atoms. The van der Waals surface area contributed by atoms with Gasteiger partial charge in [-0.2, -0.15) is 0 Å². The highest BCUT2D eigenvalue weighted by Gasteiger charge is 1.97. The molecule has 3 aromatic rings. The summed E-state index contributed by atoms with van der Waals surface area (Å²) >= 11 is 0. The smallest absolute Gasteiger partial charge is 0.0340 e. The van der Waals surface area contributed by atoms with E-state index in [2.05, 4.69) is 110 Å². The van der Waals surface area contributed by atoms with Crippen LogP contribution in [0, 0.1) is 30.6 Å². The van der Waals surface area contributed by atoms with Crippen molar-refractivity contribution >= 4 is 0 Å². The maximum atomic E-state index is 3.26. The highest BCUT2D eigenvalue weighted by atomic mass is 14.0. The molecule has 0 nitrogen and oxygen atoms in total. The third-order valence-electron chi connectivity index (χ3n) is 4.65. The van der Waals surface area contributed by atoms with Gasteiger partial charge in [0.1, 0.15) is 0 Å². The molecule has 0 saturated heterocycles. The maximum Gasteiger partial charge on any atom is 0.0340 e. The van der Waals surface area contributed by atoms with Crippen LogP contribution in [0.15, 0.2) is 72.8 Å². The topological polar surface area (TPSA) is 0 Å². The first kappa shape index (κ1) is 19.5. The van der Waals surface area contributed by atoms with Gasteiger partial charge in [0.05, 0.1) is 0 Å². The summed E-state index contributed by atoms with van der Waals surface area (Å²) < 4.78 is 0. The molecule has 3 rings (SSSR count). The highest BCUT2D eigenvalue weighted by Crippen LogP contribution is 2.20. The van der Waals surface area contributed by atoms with Gasteiger partial charge in [0.15, 0.2) is 0 Å². The molecule has 0 saturated carbocycles. The normalized spacial score (nSPS) is 9.79. The second-order valence-electron chi connectivity index (χ2n) is 7.02. The summed E-state index contributed by atoms with van der Waals surface area (Å²) in [5.41, 5.74) is 7.04. The van der Waals surface area contributed by atoms with Crippen molar-refractivity contribution in [2.45, 2.75) is 39.5 Å². The summed E-state index contributed by atoms with van der Waals surface area (Å²) in [7, 11) is 0. The molecule has 0 aliphatic heterocycles. The summed E-state index contributed by atoms with van der Waals surface area (Å²) in [5, 5.41) is 0. The van der Waals surface area contributed by atoms with E-state index in [1.807, 2.05) is 0 Å². The fourth-order valence-electron chi connectivity index (χ4n) is 2.86. The second-order valence-corrected chi connectivity index (χ2v) is 7.02. The van der Waals surface area contributed by atoms with Gasteiger partial charge in [-0.3, -0.25) is 0 Å². The number of aryl methyl sites for hydroxylation is 1. The van der Waals surface area contributed by atoms with E-state index < -0.39 is 0 Å². The lowest BCUT2D eigenvalue weighted by molar-refractivity contribution is 0.827. The molecule has 0 heteroatoms. The molecule has 0 aliphatic rings. The van der Waals surface area contributed by atoms with Gasteiger partial charge in [0, 0.05) is 24.0 Å². The fraction of sp³-hybridized carbons (Fsp3) is 0.214. The first-order valence-electron chi connectivity index (χ1n) is 9.98. The number of rotatable bonds is 4. The van der Waals surface area contributed by atoms with Crippen molar-refractivity contribution in [3.05, 3.63) is 95.1 Å². The minimum absolute atomic E-state index is 0.817. The fourth-order valence-corrected chi connectivity index (χ4v) is 2.86. The Morgan fingerprint density at radius 2 is 1.18 bits per heavy atom. The van der Waals surface area contributed by atoms with E-state index in [4.69, 9.17) is 0 Å². The second kappa shape index (κ2) is 10.2. The van der Waals surface area contributed by atoms with Crippen LogP contribution in [-0.2, 0) is 6.42 Å². The molecule has 0 unspecified atom stereocenters. The average Bonchev–Trinajstić information content (AvgIpc) is 2.74. The van der Waals surface area contributed by atoms with Crippen molar-refractivity contribution < 1.29 is 0 Å². The largest absolute Gasteiger partial charge is 0.103 e. The molecule has 0 radical (unpaired) electrons. The number of unbranched alkanes of at least 4 members (excludes halogenated alkanes) is 2. The van der Waals surface area contributed by atoms with Crippen molar-refractivity contribution in [1.82, 2.24) is 0 Å². The van der Waals surface area contributed by atoms with Crippen molar-refractivity contribution in [2.75, 3.05) is 0 Å². The Kier molecular flexibility index (Phi) is 7.12. The van der Waals surface area contributed by atoms with Crippen LogP contribution in [0.1, 0.15) is 48.4 Å². The van der Waals surface area contributed by atoms with Crippen molar-refractivity contribution in [3.63, 3.8) is 0 Å². The van der Waals surface area contributed by atoms with Crippen molar-refractivity contribution in [1.29, 1.82) is 0 Å². The van der Waals surface area contributed by atoms with E-state index in [9.17, 15) is 0 Å². The molecule has 28 heavy (non-hydrogen) atoms. The maximum absolute atomic E-state index is 3.26. The molecule has 0 fully saturated rings. The van der Waals surface area contributed by atoms with Crippen molar-refractivity contribution in [3.8, 4) is 34.8 Å². The number of hydrogen-bond acceptors (Lipinski definition) is 0. The Morgan fingerprint density at radius 1 is 0.643 bits per heavy atom. The van der Waals surface area contributed by atoms with E-state index in [1.54, 1.807) is 0 Å². The van der Waals surface area contributed by atoms with Gasteiger partial charge in [0.2, 0.25) is 0 Å². The Labute approximate surface area is 169 Å². The minimum Gasteiger partial charge on any atom is -0.103 e. The Bertz CT molecular complexity index is 996. The summed E-state index contributed by atoms with van der Waals surface area (Å²) in [6, 6.07) is 25.4. The first-order chi connectivity index (χ1) is 13.7. The van der Waals surface area contributed by atoms with Gasteiger partial charge in [-0.25, -0.2) is 0 Å². The van der Waals surface area contributed by atoms with E-state index in [-0.39, 0.29) is 0 Å². The SMILES string of the molecule is CCCCC#CCc1ccc(C#Cc2ccc(-c3ccc(C)cc3)cc2)cc1. The van der Waals surface area contributed by atoms with Gasteiger partial charge >= 0.3 is 0 Å². The lowest BCUT2D eigenvalue weighted by Crippen LogP contribution is -1.83. The van der Waals surface area contributed by atoms with E-state index in [1.165, 1.54) is 35.1 Å². The summed E-state index contributed by atoms with van der Waals surface area (Å²) in [4.78, 5) is 0. The van der Waals surface area contributed by atoms with Gasteiger partial charge < -0.3 is 0 Å². The molecule has 0 aromatic heterocycles. The summed E-state index contributed by atoms with van der Waals surface area (Å²) in [6.45, 7) is 4.30. The monoisotopic (exact) mass is 362 g/mol. The predicted molar refractivity (Wildman–Crippen MR) is 120 cm³/mol. The Morgan fingerprint density at radius 3 is 1.75 bits per heavy atom. The molecule has 138 valence electrons. The standard InChI is InChI=1S/C28H26/c1-3-4-5-6-7-8-24-11-13-25(14-12-24)15-16-26-17-21-28(22-18-26)27-19-9-23(2)10-20-27/h9-14,17-22H,3-5,8H2,1-2H3. The molecular weight excluding hydrogens is 336 g/mol. The highest BCUT2D eigenvalue weighted by molar-refractivity contribution is 5.64. The number of hydrogen-bond donors (Lipinski definition) is 0. The lowest BCUT2D eigenvalue weighted by Gasteiger charge is -2.02. The third kappa shape index (κ3) is 5.90. The summed E-state index contributed by atoms with van der Waals surface area (Å²) in [5.74, 6) is 13.0. The van der Waals surface area contributed by atoms with Crippen LogP contribution in [0.25, 0.3) is 11.1 Å². The number of benzene rings is 3. The zero-order valence-corrected chi connectivity index (χ0v) is 16.8. The molecule has 0 amide bonds. The van der Waals surface area contributed by atoms with Crippen LogP contribution in [0.5, 0.6) is 0 Å². The van der Waals surface area contributed by atoms with Gasteiger partial charge in [-0.1, -0.05) is 85.2 Å². The molecule has 0 heterocycles. The van der Waals surface area contributed by atoms with Gasteiger partial charge in [-0.05, 0) is 54.3 Å². The quantitative estimate of drug-likeness (QED) is 0.354. The molecule has 0 bridgehead atoms. The molecule has 3 aromatic carbocycles. The third-order valence-corrected chi connectivity index (χ3v) is 4.65. The Balaban J connectivity index is 1.61. The van der Waals surface area contributed by atoms with Crippen LogP contribution >= 0.6 is 0 Å². The van der Waals surface area contributed by atoms with Crippen LogP contribution in [0.4, 0.5) is 0 Å². The van der Waals surface area contributed by atoms with Crippen LogP contribution in [0.2, 0.25) is 0 Å². The average molecular weight is 363 g/mol. The predicted octanol–water partition coefficient (Wildman–Crippen LogP) is 6.80. The Hall–Kier alpha value is -3.22. The molecule has 0 N–H and O–H groups in total. The molecule has 0 aliphatic carbocycles. The van der Waals surface area contributed by atoms with Crippen LogP contribution < -0.4 is 0 Å². The lowest BCUT2D eigenvalue weighted by atomic mass is 10.0. The zero-order chi connectivity index (χ0) is 19.6. The minimum atomic E-state index is 0.817. The van der Waals surface area contributed by atoms with E-state index >= 15 is 0 Å². The first-order valence-corrected chi connectivity index (χ1v) is 9.98. The molecular formula is C28H26. The zero-order valence-electron chi connectivity index (χ0n) is 16.8. The van der Waals surface area contributed by atoms with E-state index in [0.29, 0.717) is 0 Å². The van der Waals surface area contributed by atoms with Gasteiger partial charge in [-0.15, -0.1) is 5.92 Å². The van der Waals surface area contributed by atoms with E-state index in [0.717, 1.165) is 24.0 Å². The van der Waals surface area contributed by atoms with Crippen LogP contribution in [-0.4, -0.2) is 0 Å². The van der Waals surface area contributed by atoms with Crippen molar-refractivity contribution in [2.24, 2.45) is 0 Å².